The zero-order chi connectivity index (χ0) is 15.4. The number of nitro benzene ring substituents is 1. The van der Waals surface area contributed by atoms with E-state index in [0.29, 0.717) is 15.4 Å². The number of aromatic nitrogens is 2. The first-order valence-corrected chi connectivity index (χ1v) is 7.78. The van der Waals surface area contributed by atoms with Gasteiger partial charge in [0, 0.05) is 19.2 Å². The Morgan fingerprint density at radius 1 is 1.43 bits per heavy atom. The Hall–Kier alpha value is -1.87. The van der Waals surface area contributed by atoms with Crippen LogP contribution in [0.2, 0.25) is 0 Å². The number of nitro groups is 1. The Morgan fingerprint density at radius 3 is 2.81 bits per heavy atom. The molecular formula is C12H11BrN4O3S. The average Bonchev–Trinajstić information content (AvgIpc) is 2.48. The molecule has 9 heteroatoms. The van der Waals surface area contributed by atoms with E-state index in [1.165, 1.54) is 17.8 Å². The third kappa shape index (κ3) is 3.61. The number of ether oxygens (including phenoxy) is 1. The monoisotopic (exact) mass is 370 g/mol. The molecule has 1 N–H and O–H groups in total. The van der Waals surface area contributed by atoms with Crippen molar-refractivity contribution in [1.82, 2.24) is 9.97 Å². The van der Waals surface area contributed by atoms with E-state index in [1.54, 1.807) is 25.2 Å². The van der Waals surface area contributed by atoms with Crippen molar-refractivity contribution in [1.29, 1.82) is 0 Å². The highest BCUT2D eigenvalue weighted by Gasteiger charge is 2.19. The van der Waals surface area contributed by atoms with Crippen molar-refractivity contribution in [2.75, 3.05) is 18.6 Å². The number of hydrogen-bond acceptors (Lipinski definition) is 7. The molecule has 0 saturated carbocycles. The van der Waals surface area contributed by atoms with Crippen LogP contribution in [0, 0.1) is 10.1 Å². The minimum Gasteiger partial charge on any atom is -0.430 e. The fraction of sp³-hybridized carbons (Fsp3) is 0.167. The second-order valence-corrected chi connectivity index (χ2v) is 5.40. The fourth-order valence-corrected chi connectivity index (χ4v) is 2.33. The predicted molar refractivity (Wildman–Crippen MR) is 84.2 cm³/mol. The molecule has 1 heterocycles. The number of benzene rings is 1. The number of nitrogens with zero attached hydrogens (tertiary/aromatic N) is 3. The molecule has 0 radical (unpaired) electrons. The zero-order valence-electron chi connectivity index (χ0n) is 11.2. The fourth-order valence-electron chi connectivity index (χ4n) is 1.52. The highest BCUT2D eigenvalue weighted by molar-refractivity contribution is 9.10. The largest absolute Gasteiger partial charge is 0.430 e. The van der Waals surface area contributed by atoms with Gasteiger partial charge in [0.25, 0.3) is 0 Å². The third-order valence-electron chi connectivity index (χ3n) is 2.47. The molecule has 1 aromatic carbocycles. The predicted octanol–water partition coefficient (Wildman–Crippen LogP) is 3.70. The second kappa shape index (κ2) is 6.72. The van der Waals surface area contributed by atoms with Crippen molar-refractivity contribution in [3.05, 3.63) is 38.9 Å². The van der Waals surface area contributed by atoms with Gasteiger partial charge in [-0.1, -0.05) is 17.8 Å². The molecule has 0 amide bonds. The van der Waals surface area contributed by atoms with Crippen molar-refractivity contribution >= 4 is 39.2 Å². The molecule has 0 unspecified atom stereocenters. The van der Waals surface area contributed by atoms with E-state index in [1.807, 2.05) is 6.26 Å². The van der Waals surface area contributed by atoms with Crippen molar-refractivity contribution in [2.45, 2.75) is 5.16 Å². The van der Waals surface area contributed by atoms with Gasteiger partial charge in [0.05, 0.1) is 9.40 Å². The average molecular weight is 371 g/mol. The molecule has 1 aromatic heterocycles. The summed E-state index contributed by atoms with van der Waals surface area (Å²) in [6, 6.07) is 6.18. The van der Waals surface area contributed by atoms with Crippen LogP contribution in [0.15, 0.2) is 33.9 Å². The number of nitrogens with one attached hydrogen (secondary N) is 1. The van der Waals surface area contributed by atoms with Crippen LogP contribution in [0.25, 0.3) is 0 Å². The molecule has 2 rings (SSSR count). The van der Waals surface area contributed by atoms with Gasteiger partial charge in [-0.2, -0.15) is 4.98 Å². The van der Waals surface area contributed by atoms with Crippen LogP contribution in [0.5, 0.6) is 11.6 Å². The summed E-state index contributed by atoms with van der Waals surface area (Å²) in [6.07, 6.45) is 1.83. The first kappa shape index (κ1) is 15.5. The summed E-state index contributed by atoms with van der Waals surface area (Å²) in [5, 5.41) is 14.5. The van der Waals surface area contributed by atoms with Crippen molar-refractivity contribution in [2.24, 2.45) is 0 Å². The lowest BCUT2D eigenvalue weighted by molar-refractivity contribution is -0.385. The molecule has 0 aliphatic carbocycles. The summed E-state index contributed by atoms with van der Waals surface area (Å²) in [6.45, 7) is 0. The van der Waals surface area contributed by atoms with Gasteiger partial charge in [0.15, 0.2) is 5.16 Å². The molecular weight excluding hydrogens is 360 g/mol. The van der Waals surface area contributed by atoms with Gasteiger partial charge in [-0.15, -0.1) is 0 Å². The quantitative estimate of drug-likeness (QED) is 0.371. The molecule has 7 nitrogen and oxygen atoms in total. The normalized spacial score (nSPS) is 10.2. The number of para-hydroxylation sites is 1. The summed E-state index contributed by atoms with van der Waals surface area (Å²) in [5.74, 6) is 0.906. The summed E-state index contributed by atoms with van der Waals surface area (Å²) in [4.78, 5) is 19.0. The number of thioether (sulfide) groups is 1. The summed E-state index contributed by atoms with van der Waals surface area (Å²) in [7, 11) is 1.72. The van der Waals surface area contributed by atoms with E-state index in [0.717, 1.165) is 0 Å². The Labute approximate surface area is 133 Å². The van der Waals surface area contributed by atoms with E-state index < -0.39 is 4.92 Å². The van der Waals surface area contributed by atoms with Gasteiger partial charge in [-0.05, 0) is 28.3 Å². The second-order valence-electron chi connectivity index (χ2n) is 3.78. The lowest BCUT2D eigenvalue weighted by Gasteiger charge is -2.09. The first-order chi connectivity index (χ1) is 10.0. The number of anilines is 1. The van der Waals surface area contributed by atoms with E-state index in [9.17, 15) is 10.1 Å². The van der Waals surface area contributed by atoms with Crippen LogP contribution < -0.4 is 10.1 Å². The maximum atomic E-state index is 11.1. The molecule has 0 aliphatic heterocycles. The van der Waals surface area contributed by atoms with Gasteiger partial charge < -0.3 is 10.1 Å². The molecule has 0 spiro atoms. The minimum atomic E-state index is -0.504. The standard InChI is InChI=1S/C12H11BrN4O3S/c1-14-9-6-10(16-12(15-9)21-2)20-11-7(13)4-3-5-8(11)17(18)19/h3-6H,1-2H3,(H,14,15,16). The van der Waals surface area contributed by atoms with Gasteiger partial charge in [0.1, 0.15) is 5.82 Å². The Balaban J connectivity index is 2.45. The maximum Gasteiger partial charge on any atom is 0.312 e. The molecule has 2 aromatic rings. The zero-order valence-corrected chi connectivity index (χ0v) is 13.6. The van der Waals surface area contributed by atoms with Crippen molar-refractivity contribution < 1.29 is 9.66 Å². The molecule has 0 aliphatic rings. The Bertz CT molecular complexity index is 661. The van der Waals surface area contributed by atoms with Crippen LogP contribution in [0.1, 0.15) is 0 Å². The Morgan fingerprint density at radius 2 is 2.19 bits per heavy atom. The van der Waals surface area contributed by atoms with Crippen LogP contribution in [0.3, 0.4) is 0 Å². The van der Waals surface area contributed by atoms with Crippen LogP contribution in [-0.4, -0.2) is 28.2 Å². The lowest BCUT2D eigenvalue weighted by atomic mass is 10.3. The highest BCUT2D eigenvalue weighted by Crippen LogP contribution is 2.38. The van der Waals surface area contributed by atoms with Gasteiger partial charge in [0.2, 0.25) is 11.6 Å². The highest BCUT2D eigenvalue weighted by atomic mass is 79.9. The molecule has 0 atom stereocenters. The smallest absolute Gasteiger partial charge is 0.312 e. The summed E-state index contributed by atoms with van der Waals surface area (Å²) in [5.41, 5.74) is -0.139. The van der Waals surface area contributed by atoms with E-state index in [-0.39, 0.29) is 17.3 Å². The molecule has 110 valence electrons. The molecule has 0 saturated heterocycles. The topological polar surface area (TPSA) is 90.2 Å². The lowest BCUT2D eigenvalue weighted by Crippen LogP contribution is -2.00. The SMILES string of the molecule is CNc1cc(Oc2c(Br)cccc2[N+](=O)[O-])nc(SC)n1. The maximum absolute atomic E-state index is 11.1. The number of rotatable bonds is 5. The van der Waals surface area contributed by atoms with Crippen molar-refractivity contribution in [3.63, 3.8) is 0 Å². The number of halogens is 1. The van der Waals surface area contributed by atoms with E-state index >= 15 is 0 Å². The van der Waals surface area contributed by atoms with Crippen LogP contribution in [0.4, 0.5) is 11.5 Å². The van der Waals surface area contributed by atoms with Crippen molar-refractivity contribution in [3.8, 4) is 11.6 Å². The van der Waals surface area contributed by atoms with Gasteiger partial charge in [-0.25, -0.2) is 4.98 Å². The van der Waals surface area contributed by atoms with Gasteiger partial charge in [-0.3, -0.25) is 10.1 Å². The van der Waals surface area contributed by atoms with E-state index in [2.05, 4.69) is 31.2 Å². The first-order valence-electron chi connectivity index (χ1n) is 5.76. The summed E-state index contributed by atoms with van der Waals surface area (Å²) >= 11 is 4.60. The summed E-state index contributed by atoms with van der Waals surface area (Å²) < 4.78 is 6.07. The van der Waals surface area contributed by atoms with E-state index in [4.69, 9.17) is 4.74 Å². The van der Waals surface area contributed by atoms with Crippen LogP contribution >= 0.6 is 27.7 Å². The van der Waals surface area contributed by atoms with Gasteiger partial charge >= 0.3 is 5.69 Å². The number of hydrogen-bond donors (Lipinski definition) is 1. The molecule has 0 fully saturated rings. The Kier molecular flexibility index (Phi) is 4.97. The molecule has 0 bridgehead atoms. The minimum absolute atomic E-state index is 0.107. The molecule has 21 heavy (non-hydrogen) atoms. The van der Waals surface area contributed by atoms with Crippen LogP contribution in [-0.2, 0) is 0 Å². The third-order valence-corrected chi connectivity index (χ3v) is 3.64.